The first-order chi connectivity index (χ1) is 12.7. The molecule has 0 aliphatic carbocycles. The number of furan rings is 1. The number of likely N-dealkylation sites (tertiary alicyclic amines) is 1. The van der Waals surface area contributed by atoms with Gasteiger partial charge in [0.1, 0.15) is 5.76 Å². The Bertz CT molecular complexity index is 750. The smallest absolute Gasteiger partial charge is 0.257 e. The molecule has 0 saturated carbocycles. The van der Waals surface area contributed by atoms with Crippen LogP contribution in [-0.2, 0) is 16.1 Å². The minimum absolute atomic E-state index is 0.0482. The van der Waals surface area contributed by atoms with Gasteiger partial charge in [-0.15, -0.1) is 0 Å². The molecule has 26 heavy (non-hydrogen) atoms. The molecule has 0 bridgehead atoms. The van der Waals surface area contributed by atoms with E-state index in [0.29, 0.717) is 37.6 Å². The minimum atomic E-state index is -0.156. The fraction of sp³-hybridized carbons (Fsp3) is 0.500. The van der Waals surface area contributed by atoms with Gasteiger partial charge in [-0.05, 0) is 38.0 Å². The van der Waals surface area contributed by atoms with E-state index >= 15 is 0 Å². The second kappa shape index (κ2) is 7.21. The van der Waals surface area contributed by atoms with Gasteiger partial charge in [-0.1, -0.05) is 6.07 Å². The van der Waals surface area contributed by atoms with Crippen LogP contribution in [0.4, 0.5) is 0 Å². The monoisotopic (exact) mass is 356 g/mol. The van der Waals surface area contributed by atoms with Gasteiger partial charge < -0.3 is 18.8 Å². The van der Waals surface area contributed by atoms with Gasteiger partial charge in [-0.2, -0.15) is 0 Å². The highest BCUT2D eigenvalue weighted by molar-refractivity contribution is 5.95. The number of rotatable bonds is 4. The van der Waals surface area contributed by atoms with Gasteiger partial charge in [-0.25, -0.2) is 0 Å². The van der Waals surface area contributed by atoms with Crippen LogP contribution in [0.15, 0.2) is 41.1 Å². The molecule has 0 unspecified atom stereocenters. The second-order valence-electron chi connectivity index (χ2n) is 7.13. The molecule has 4 rings (SSSR count). The maximum Gasteiger partial charge on any atom is 0.257 e. The molecule has 0 aromatic carbocycles. The third-order valence-electron chi connectivity index (χ3n) is 5.42. The molecule has 2 fully saturated rings. The number of amides is 1. The maximum atomic E-state index is 12.6. The highest BCUT2D eigenvalue weighted by atomic mass is 16.6. The number of carbonyl (C=O) groups excluding carboxylic acids is 1. The van der Waals surface area contributed by atoms with Gasteiger partial charge in [0.25, 0.3) is 5.91 Å². The van der Waals surface area contributed by atoms with E-state index in [0.717, 1.165) is 25.0 Å². The lowest BCUT2D eigenvalue weighted by Gasteiger charge is -2.38. The number of ether oxygens (including phenoxy) is 2. The van der Waals surface area contributed by atoms with Crippen molar-refractivity contribution in [2.45, 2.75) is 44.5 Å². The van der Waals surface area contributed by atoms with Crippen molar-refractivity contribution in [3.63, 3.8) is 0 Å². The molecular weight excluding hydrogens is 332 g/mol. The van der Waals surface area contributed by atoms with E-state index in [1.807, 2.05) is 30.0 Å². The van der Waals surface area contributed by atoms with Crippen LogP contribution in [0.1, 0.15) is 41.1 Å². The molecule has 6 heteroatoms. The number of piperidine rings is 1. The zero-order valence-corrected chi connectivity index (χ0v) is 15.0. The molecule has 2 aromatic heterocycles. The lowest BCUT2D eigenvalue weighted by atomic mass is 9.87. The number of hydrogen-bond donors (Lipinski definition) is 0. The van der Waals surface area contributed by atoms with Crippen molar-refractivity contribution < 1.29 is 18.7 Å². The normalized spacial score (nSPS) is 22.0. The van der Waals surface area contributed by atoms with E-state index < -0.39 is 0 Å². The molecule has 6 nitrogen and oxygen atoms in total. The van der Waals surface area contributed by atoms with Gasteiger partial charge in [0.2, 0.25) is 0 Å². The Labute approximate surface area is 153 Å². The Morgan fingerprint density at radius 3 is 2.88 bits per heavy atom. The van der Waals surface area contributed by atoms with Crippen molar-refractivity contribution in [2.24, 2.45) is 0 Å². The minimum Gasteiger partial charge on any atom is -0.469 e. The molecule has 1 spiro atoms. The Balaban J connectivity index is 1.29. The first-order valence-corrected chi connectivity index (χ1v) is 9.14. The summed E-state index contributed by atoms with van der Waals surface area (Å²) in [4.78, 5) is 18.8. The summed E-state index contributed by atoms with van der Waals surface area (Å²) in [7, 11) is 0. The molecule has 138 valence electrons. The molecule has 0 radical (unpaired) electrons. The zero-order valence-electron chi connectivity index (χ0n) is 15.0. The Kier molecular flexibility index (Phi) is 4.78. The van der Waals surface area contributed by atoms with Crippen LogP contribution in [0.3, 0.4) is 0 Å². The fourth-order valence-corrected chi connectivity index (χ4v) is 3.84. The molecule has 2 saturated heterocycles. The zero-order chi connectivity index (χ0) is 18.0. The lowest BCUT2D eigenvalue weighted by Crippen LogP contribution is -2.46. The van der Waals surface area contributed by atoms with Crippen molar-refractivity contribution >= 4 is 5.91 Å². The Hall–Kier alpha value is -2.18. The van der Waals surface area contributed by atoms with Crippen LogP contribution in [0.25, 0.3) is 0 Å². The number of pyridine rings is 1. The number of aryl methyl sites for hydroxylation is 1. The SMILES string of the molecule is Cc1occc1C(=O)N1CCC2(CC1)C[C@@H](OCc1ccccn1)CO2. The highest BCUT2D eigenvalue weighted by Crippen LogP contribution is 2.37. The number of carbonyl (C=O) groups is 1. The van der Waals surface area contributed by atoms with E-state index in [2.05, 4.69) is 4.98 Å². The van der Waals surface area contributed by atoms with Crippen LogP contribution in [0.5, 0.6) is 0 Å². The van der Waals surface area contributed by atoms with Gasteiger partial charge in [0.05, 0.1) is 42.4 Å². The largest absolute Gasteiger partial charge is 0.469 e. The molecule has 2 aliphatic heterocycles. The van der Waals surface area contributed by atoms with Crippen molar-refractivity contribution in [3.8, 4) is 0 Å². The quantitative estimate of drug-likeness (QED) is 0.843. The average Bonchev–Trinajstić information content (AvgIpc) is 3.27. The summed E-state index contributed by atoms with van der Waals surface area (Å²) in [6.07, 6.45) is 6.01. The van der Waals surface area contributed by atoms with E-state index in [-0.39, 0.29) is 17.6 Å². The topological polar surface area (TPSA) is 64.8 Å². The van der Waals surface area contributed by atoms with Crippen LogP contribution in [0.2, 0.25) is 0 Å². The second-order valence-corrected chi connectivity index (χ2v) is 7.13. The first-order valence-electron chi connectivity index (χ1n) is 9.14. The van der Waals surface area contributed by atoms with Gasteiger partial charge in [0.15, 0.2) is 0 Å². The summed E-state index contributed by atoms with van der Waals surface area (Å²) < 4.78 is 17.4. The van der Waals surface area contributed by atoms with Crippen molar-refractivity contribution in [1.82, 2.24) is 9.88 Å². The number of nitrogens with zero attached hydrogens (tertiary/aromatic N) is 2. The molecule has 2 aliphatic rings. The molecule has 1 amide bonds. The highest BCUT2D eigenvalue weighted by Gasteiger charge is 2.44. The van der Waals surface area contributed by atoms with Crippen LogP contribution < -0.4 is 0 Å². The van der Waals surface area contributed by atoms with Crippen molar-refractivity contribution in [2.75, 3.05) is 19.7 Å². The van der Waals surface area contributed by atoms with E-state index in [9.17, 15) is 4.79 Å². The Morgan fingerprint density at radius 1 is 1.35 bits per heavy atom. The van der Waals surface area contributed by atoms with Crippen molar-refractivity contribution in [1.29, 1.82) is 0 Å². The third-order valence-corrected chi connectivity index (χ3v) is 5.42. The van der Waals surface area contributed by atoms with Gasteiger partial charge >= 0.3 is 0 Å². The van der Waals surface area contributed by atoms with E-state index in [1.165, 1.54) is 0 Å². The molecular formula is C20H24N2O4. The lowest BCUT2D eigenvalue weighted by molar-refractivity contribution is -0.0413. The maximum absolute atomic E-state index is 12.6. The number of hydrogen-bond acceptors (Lipinski definition) is 5. The molecule has 2 aromatic rings. The summed E-state index contributed by atoms with van der Waals surface area (Å²) in [6.45, 7) is 4.35. The Morgan fingerprint density at radius 2 is 2.19 bits per heavy atom. The molecule has 1 atom stereocenters. The molecule has 0 N–H and O–H groups in total. The van der Waals surface area contributed by atoms with Crippen LogP contribution >= 0.6 is 0 Å². The van der Waals surface area contributed by atoms with E-state index in [4.69, 9.17) is 13.9 Å². The average molecular weight is 356 g/mol. The molecule has 4 heterocycles. The standard InChI is InChI=1S/C20H24N2O4/c1-15-18(5-11-24-15)19(23)22-9-6-20(7-10-22)12-17(14-26-20)25-13-16-4-2-3-8-21-16/h2-5,8,11,17H,6-7,9-10,12-14H2,1H3/t17-/m1/s1. The third kappa shape index (κ3) is 3.52. The fourth-order valence-electron chi connectivity index (χ4n) is 3.84. The van der Waals surface area contributed by atoms with Crippen molar-refractivity contribution in [3.05, 3.63) is 53.7 Å². The summed E-state index contributed by atoms with van der Waals surface area (Å²) in [5.41, 5.74) is 1.44. The summed E-state index contributed by atoms with van der Waals surface area (Å²) in [5.74, 6) is 0.724. The van der Waals surface area contributed by atoms with Gasteiger partial charge in [0, 0.05) is 25.7 Å². The number of aromatic nitrogens is 1. The summed E-state index contributed by atoms with van der Waals surface area (Å²) >= 11 is 0. The predicted octanol–water partition coefficient (Wildman–Crippen LogP) is 2.96. The van der Waals surface area contributed by atoms with E-state index in [1.54, 1.807) is 18.5 Å². The van der Waals surface area contributed by atoms with Crippen LogP contribution in [0, 0.1) is 6.92 Å². The van der Waals surface area contributed by atoms with Gasteiger partial charge in [-0.3, -0.25) is 9.78 Å². The van der Waals surface area contributed by atoms with Crippen LogP contribution in [-0.4, -0.2) is 47.2 Å². The predicted molar refractivity (Wildman–Crippen MR) is 94.7 cm³/mol. The summed E-state index contributed by atoms with van der Waals surface area (Å²) in [6, 6.07) is 7.58. The summed E-state index contributed by atoms with van der Waals surface area (Å²) in [5, 5.41) is 0. The first kappa shape index (κ1) is 17.2.